The number of aliphatic hydroxyl groups excluding tert-OH is 2. The van der Waals surface area contributed by atoms with Crippen LogP contribution in [-0.2, 0) is 0 Å². The van der Waals surface area contributed by atoms with Crippen LogP contribution in [0.2, 0.25) is 0 Å². The summed E-state index contributed by atoms with van der Waals surface area (Å²) in [5.41, 5.74) is 0.308. The van der Waals surface area contributed by atoms with Crippen molar-refractivity contribution in [3.05, 3.63) is 52.0 Å². The third-order valence-electron chi connectivity index (χ3n) is 2.66. The summed E-state index contributed by atoms with van der Waals surface area (Å²) in [4.78, 5) is 0. The van der Waals surface area contributed by atoms with Gasteiger partial charge in [-0.05, 0) is 46.3 Å². The van der Waals surface area contributed by atoms with E-state index in [2.05, 4.69) is 15.9 Å². The van der Waals surface area contributed by atoms with Gasteiger partial charge in [0, 0.05) is 17.2 Å². The largest absolute Gasteiger partial charge is 0.508 e. The minimum absolute atomic E-state index is 0.0252. The molecule has 20 heavy (non-hydrogen) atoms. The first kappa shape index (κ1) is 14.1. The highest BCUT2D eigenvalue weighted by Crippen LogP contribution is 2.37. The van der Waals surface area contributed by atoms with E-state index in [1.807, 2.05) is 0 Å². The molecule has 0 heterocycles. The fraction of sp³-hybridized carbons (Fsp3) is 0. The molecule has 0 saturated heterocycles. The van der Waals surface area contributed by atoms with Crippen LogP contribution in [0.1, 0.15) is 11.1 Å². The standard InChI is InChI=1S/C14H11BrO5/c15-12-10(5-9(17)6-11(12)18)14(20)13(19)7-1-3-8(16)4-2-7/h1-6,16-20H. The Balaban J connectivity index is 2.56. The van der Waals surface area contributed by atoms with Gasteiger partial charge in [-0.15, -0.1) is 0 Å². The van der Waals surface area contributed by atoms with Crippen LogP contribution in [0.4, 0.5) is 0 Å². The SMILES string of the molecule is OC(=C(O)c1cc(O)cc(O)c1Br)c1ccc(O)cc1. The predicted molar refractivity (Wildman–Crippen MR) is 77.7 cm³/mol. The highest BCUT2D eigenvalue weighted by Gasteiger charge is 2.16. The molecule has 0 aliphatic rings. The van der Waals surface area contributed by atoms with E-state index in [9.17, 15) is 25.5 Å². The molecule has 104 valence electrons. The lowest BCUT2D eigenvalue weighted by Gasteiger charge is -2.09. The summed E-state index contributed by atoms with van der Waals surface area (Å²) in [6.07, 6.45) is 0. The van der Waals surface area contributed by atoms with E-state index in [1.54, 1.807) is 0 Å². The summed E-state index contributed by atoms with van der Waals surface area (Å²) < 4.78 is 0.137. The zero-order valence-electron chi connectivity index (χ0n) is 10.1. The Morgan fingerprint density at radius 1 is 0.800 bits per heavy atom. The molecular weight excluding hydrogens is 328 g/mol. The molecule has 5 nitrogen and oxygen atoms in total. The summed E-state index contributed by atoms with van der Waals surface area (Å²) in [5, 5.41) is 48.2. The second kappa shape index (κ2) is 5.34. The third kappa shape index (κ3) is 2.65. The van der Waals surface area contributed by atoms with Gasteiger partial charge in [-0.3, -0.25) is 0 Å². The van der Waals surface area contributed by atoms with Crippen LogP contribution in [0.25, 0.3) is 11.5 Å². The molecular formula is C14H11BrO5. The van der Waals surface area contributed by atoms with E-state index in [1.165, 1.54) is 30.3 Å². The first-order chi connectivity index (χ1) is 9.40. The number of phenols is 3. The van der Waals surface area contributed by atoms with Crippen molar-refractivity contribution >= 4 is 27.4 Å². The number of aliphatic hydroxyl groups is 2. The van der Waals surface area contributed by atoms with Gasteiger partial charge in [0.1, 0.15) is 17.2 Å². The lowest BCUT2D eigenvalue weighted by Crippen LogP contribution is -1.92. The van der Waals surface area contributed by atoms with Gasteiger partial charge in [0.05, 0.1) is 4.47 Å². The van der Waals surface area contributed by atoms with Gasteiger partial charge in [0.25, 0.3) is 0 Å². The van der Waals surface area contributed by atoms with Crippen molar-refractivity contribution in [3.8, 4) is 17.2 Å². The van der Waals surface area contributed by atoms with Crippen LogP contribution in [0.3, 0.4) is 0 Å². The zero-order chi connectivity index (χ0) is 14.9. The van der Waals surface area contributed by atoms with Crippen LogP contribution in [0, 0.1) is 0 Å². The maximum atomic E-state index is 10.1. The fourth-order valence-electron chi connectivity index (χ4n) is 1.65. The van der Waals surface area contributed by atoms with Crippen molar-refractivity contribution < 1.29 is 25.5 Å². The van der Waals surface area contributed by atoms with Gasteiger partial charge in [0.15, 0.2) is 11.5 Å². The molecule has 5 N–H and O–H groups in total. The second-order valence-electron chi connectivity index (χ2n) is 4.07. The van der Waals surface area contributed by atoms with Gasteiger partial charge < -0.3 is 25.5 Å². The number of halogens is 1. The minimum Gasteiger partial charge on any atom is -0.508 e. The molecule has 0 atom stereocenters. The molecule has 6 heteroatoms. The zero-order valence-corrected chi connectivity index (χ0v) is 11.7. The number of benzene rings is 2. The summed E-state index contributed by atoms with van der Waals surface area (Å²) in [5.74, 6) is -1.47. The van der Waals surface area contributed by atoms with Gasteiger partial charge in [0.2, 0.25) is 0 Å². The molecule has 0 bridgehead atoms. The minimum atomic E-state index is -0.520. The molecule has 0 amide bonds. The maximum absolute atomic E-state index is 10.1. The Hall–Kier alpha value is -2.34. The number of phenolic OH excluding ortho intramolecular Hbond substituents is 3. The third-order valence-corrected chi connectivity index (χ3v) is 3.49. The monoisotopic (exact) mass is 338 g/mol. The van der Waals surface area contributed by atoms with E-state index in [-0.39, 0.29) is 32.8 Å². The van der Waals surface area contributed by atoms with Crippen molar-refractivity contribution in [2.24, 2.45) is 0 Å². The van der Waals surface area contributed by atoms with E-state index < -0.39 is 11.5 Å². The normalized spacial score (nSPS) is 12.1. The van der Waals surface area contributed by atoms with E-state index >= 15 is 0 Å². The highest BCUT2D eigenvalue weighted by atomic mass is 79.9. The smallest absolute Gasteiger partial charge is 0.166 e. The molecule has 0 aliphatic carbocycles. The first-order valence-corrected chi connectivity index (χ1v) is 6.33. The Morgan fingerprint density at radius 2 is 1.40 bits per heavy atom. The van der Waals surface area contributed by atoms with E-state index in [0.717, 1.165) is 6.07 Å². The van der Waals surface area contributed by atoms with Gasteiger partial charge >= 0.3 is 0 Å². The van der Waals surface area contributed by atoms with Crippen LogP contribution < -0.4 is 0 Å². The Kier molecular flexibility index (Phi) is 3.76. The molecule has 2 aromatic rings. The molecule has 0 radical (unpaired) electrons. The van der Waals surface area contributed by atoms with Crippen molar-refractivity contribution in [2.45, 2.75) is 0 Å². The van der Waals surface area contributed by atoms with Crippen molar-refractivity contribution in [1.82, 2.24) is 0 Å². The molecule has 0 saturated carbocycles. The van der Waals surface area contributed by atoms with Crippen molar-refractivity contribution in [3.63, 3.8) is 0 Å². The Morgan fingerprint density at radius 3 is 2.00 bits per heavy atom. The number of aromatic hydroxyl groups is 3. The average Bonchev–Trinajstić information content (AvgIpc) is 2.42. The molecule has 2 rings (SSSR count). The summed E-state index contributed by atoms with van der Waals surface area (Å²) >= 11 is 3.06. The summed E-state index contributed by atoms with van der Waals surface area (Å²) in [6.45, 7) is 0. The fourth-order valence-corrected chi connectivity index (χ4v) is 2.07. The molecule has 0 spiro atoms. The van der Waals surface area contributed by atoms with Crippen LogP contribution in [-0.4, -0.2) is 25.5 Å². The van der Waals surface area contributed by atoms with Crippen LogP contribution >= 0.6 is 15.9 Å². The predicted octanol–water partition coefficient (Wildman–Crippen LogP) is 3.51. The summed E-state index contributed by atoms with van der Waals surface area (Å²) in [6, 6.07) is 7.82. The quantitative estimate of drug-likeness (QED) is 0.426. The van der Waals surface area contributed by atoms with E-state index in [0.29, 0.717) is 0 Å². The van der Waals surface area contributed by atoms with Crippen molar-refractivity contribution in [1.29, 1.82) is 0 Å². The average molecular weight is 339 g/mol. The van der Waals surface area contributed by atoms with Gasteiger partial charge in [-0.1, -0.05) is 0 Å². The Bertz CT molecular complexity index is 677. The maximum Gasteiger partial charge on any atom is 0.166 e. The highest BCUT2D eigenvalue weighted by molar-refractivity contribution is 9.10. The molecule has 0 aliphatic heterocycles. The number of rotatable bonds is 2. The number of hydrogen-bond acceptors (Lipinski definition) is 5. The lowest BCUT2D eigenvalue weighted by molar-refractivity contribution is 0.441. The molecule has 0 fully saturated rings. The molecule has 0 aromatic heterocycles. The van der Waals surface area contributed by atoms with Gasteiger partial charge in [-0.25, -0.2) is 0 Å². The molecule has 0 unspecified atom stereocenters. The topological polar surface area (TPSA) is 101 Å². The van der Waals surface area contributed by atoms with Crippen LogP contribution in [0.5, 0.6) is 17.2 Å². The number of hydrogen-bond donors (Lipinski definition) is 5. The van der Waals surface area contributed by atoms with Crippen molar-refractivity contribution in [2.75, 3.05) is 0 Å². The summed E-state index contributed by atoms with van der Waals surface area (Å²) in [7, 11) is 0. The second-order valence-corrected chi connectivity index (χ2v) is 4.86. The van der Waals surface area contributed by atoms with E-state index in [4.69, 9.17) is 0 Å². The van der Waals surface area contributed by atoms with Crippen LogP contribution in [0.15, 0.2) is 40.9 Å². The molecule has 2 aromatic carbocycles. The first-order valence-electron chi connectivity index (χ1n) is 5.53. The Labute approximate surface area is 122 Å². The lowest BCUT2D eigenvalue weighted by atomic mass is 10.1. The van der Waals surface area contributed by atoms with Gasteiger partial charge in [-0.2, -0.15) is 0 Å².